The van der Waals surface area contributed by atoms with E-state index in [2.05, 4.69) is 25.0 Å². The summed E-state index contributed by atoms with van der Waals surface area (Å²) in [4.78, 5) is 17.7. The zero-order valence-electron chi connectivity index (χ0n) is 15.4. The van der Waals surface area contributed by atoms with Gasteiger partial charge in [0.2, 0.25) is 5.88 Å². The van der Waals surface area contributed by atoms with Gasteiger partial charge in [-0.15, -0.1) is 0 Å². The molecule has 3 heterocycles. The molecule has 1 fully saturated rings. The number of hydrogen-bond acceptors (Lipinski definition) is 7. The monoisotopic (exact) mass is 388 g/mol. The summed E-state index contributed by atoms with van der Waals surface area (Å²) in [6.45, 7) is 4.36. The van der Waals surface area contributed by atoms with Gasteiger partial charge in [0, 0.05) is 19.3 Å². The molecule has 3 aromatic rings. The van der Waals surface area contributed by atoms with Crippen LogP contribution in [0.25, 0.3) is 11.4 Å². The summed E-state index contributed by atoms with van der Waals surface area (Å²) in [6.07, 6.45) is 1.46. The molecule has 2 N–H and O–H groups in total. The molecule has 0 aliphatic carbocycles. The number of nitrogens with one attached hydrogen (secondary N) is 2. The number of ether oxygens (including phenoxy) is 2. The van der Waals surface area contributed by atoms with Crippen molar-refractivity contribution in [3.05, 3.63) is 64.5 Å². The first-order valence-electron chi connectivity index (χ1n) is 8.81. The highest BCUT2D eigenvalue weighted by molar-refractivity contribution is 5.60. The number of pyridine rings is 1. The molecule has 1 atom stereocenters. The zero-order valence-corrected chi connectivity index (χ0v) is 15.4. The van der Waals surface area contributed by atoms with Gasteiger partial charge in [-0.3, -0.25) is 9.51 Å². The predicted molar refractivity (Wildman–Crippen MR) is 99.6 cm³/mol. The van der Waals surface area contributed by atoms with Crippen molar-refractivity contribution in [2.24, 2.45) is 0 Å². The molecule has 0 saturated carbocycles. The van der Waals surface area contributed by atoms with Gasteiger partial charge in [-0.1, -0.05) is 23.4 Å². The second kappa shape index (κ2) is 9.77. The summed E-state index contributed by atoms with van der Waals surface area (Å²) >= 11 is 0. The van der Waals surface area contributed by atoms with E-state index in [1.807, 2.05) is 6.07 Å². The Morgan fingerprint density at radius 2 is 2.11 bits per heavy atom. The number of benzene rings is 1. The minimum atomic E-state index is -0.616. The predicted octanol–water partition coefficient (Wildman–Crippen LogP) is 1.93. The smallest absolute Gasteiger partial charge is 0.439 e. The second-order valence-electron chi connectivity index (χ2n) is 6.07. The Morgan fingerprint density at radius 3 is 2.82 bits per heavy atom. The number of aromatic nitrogens is 3. The van der Waals surface area contributed by atoms with Crippen LogP contribution in [0, 0.1) is 12.7 Å². The SMILES string of the molecule is Cc1ccccc1F.O=c1[nH]c(-c2cccnc2OC2CNCCOC2)no1. The van der Waals surface area contributed by atoms with Crippen LogP contribution in [0.1, 0.15) is 5.56 Å². The second-order valence-corrected chi connectivity index (χ2v) is 6.07. The molecule has 1 saturated heterocycles. The molecule has 1 unspecified atom stereocenters. The highest BCUT2D eigenvalue weighted by Crippen LogP contribution is 2.24. The van der Waals surface area contributed by atoms with Gasteiger partial charge in [-0.25, -0.2) is 14.2 Å². The molecule has 1 aliphatic heterocycles. The van der Waals surface area contributed by atoms with Crippen LogP contribution >= 0.6 is 0 Å². The Labute approximate surface area is 160 Å². The lowest BCUT2D eigenvalue weighted by molar-refractivity contribution is 0.0707. The maximum atomic E-state index is 12.3. The Kier molecular flexibility index (Phi) is 6.88. The highest BCUT2D eigenvalue weighted by Gasteiger charge is 2.18. The van der Waals surface area contributed by atoms with E-state index in [0.717, 1.165) is 6.54 Å². The lowest BCUT2D eigenvalue weighted by Gasteiger charge is -2.17. The third-order valence-corrected chi connectivity index (χ3v) is 3.92. The van der Waals surface area contributed by atoms with E-state index in [4.69, 9.17) is 9.47 Å². The molecule has 0 amide bonds. The number of aromatic amines is 1. The van der Waals surface area contributed by atoms with Crippen LogP contribution < -0.4 is 15.8 Å². The number of H-pyrrole nitrogens is 1. The molecule has 1 aromatic carbocycles. The van der Waals surface area contributed by atoms with Gasteiger partial charge in [-0.05, 0) is 30.7 Å². The Hall–Kier alpha value is -3.04. The summed E-state index contributed by atoms with van der Waals surface area (Å²) < 4.78 is 28.1. The molecule has 8 nitrogen and oxygen atoms in total. The standard InChI is InChI=1S/C12H14N4O4.C7H7F/c17-12-15-10(16-20-12)9-2-1-3-14-11(9)19-8-6-13-4-5-18-7-8;1-6-4-2-3-5-7(6)8/h1-3,8,13H,4-7H2,(H,15,16,17);2-5H,1H3. The molecule has 2 aromatic heterocycles. The van der Waals surface area contributed by atoms with Crippen LogP contribution in [0.4, 0.5) is 4.39 Å². The quantitative estimate of drug-likeness (QED) is 0.707. The fourth-order valence-electron chi connectivity index (χ4n) is 2.48. The van der Waals surface area contributed by atoms with Gasteiger partial charge >= 0.3 is 5.76 Å². The average molecular weight is 388 g/mol. The third kappa shape index (κ3) is 5.48. The van der Waals surface area contributed by atoms with Crippen LogP contribution in [0.3, 0.4) is 0 Å². The van der Waals surface area contributed by atoms with Crippen molar-refractivity contribution in [3.63, 3.8) is 0 Å². The molecule has 28 heavy (non-hydrogen) atoms. The Morgan fingerprint density at radius 1 is 1.25 bits per heavy atom. The van der Waals surface area contributed by atoms with Crippen LogP contribution in [-0.2, 0) is 4.74 Å². The van der Waals surface area contributed by atoms with Gasteiger partial charge < -0.3 is 14.8 Å². The summed E-state index contributed by atoms with van der Waals surface area (Å²) in [6, 6.07) is 10.2. The van der Waals surface area contributed by atoms with Crippen LogP contribution in [0.2, 0.25) is 0 Å². The van der Waals surface area contributed by atoms with Crippen molar-refractivity contribution in [3.8, 4) is 17.3 Å². The Balaban J connectivity index is 0.000000236. The third-order valence-electron chi connectivity index (χ3n) is 3.92. The van der Waals surface area contributed by atoms with Gasteiger partial charge in [0.25, 0.3) is 0 Å². The van der Waals surface area contributed by atoms with E-state index in [1.54, 1.807) is 37.4 Å². The molecule has 4 rings (SSSR count). The van der Waals surface area contributed by atoms with Gasteiger partial charge in [-0.2, -0.15) is 0 Å². The zero-order chi connectivity index (χ0) is 19.8. The largest absolute Gasteiger partial charge is 0.470 e. The summed E-state index contributed by atoms with van der Waals surface area (Å²) in [7, 11) is 0. The van der Waals surface area contributed by atoms with E-state index in [-0.39, 0.29) is 11.9 Å². The van der Waals surface area contributed by atoms with Gasteiger partial charge in [0.1, 0.15) is 11.9 Å². The molecule has 148 valence electrons. The molecule has 0 radical (unpaired) electrons. The summed E-state index contributed by atoms with van der Waals surface area (Å²) in [5.41, 5.74) is 1.27. The van der Waals surface area contributed by atoms with E-state index >= 15 is 0 Å². The average Bonchev–Trinajstić information content (AvgIpc) is 2.97. The van der Waals surface area contributed by atoms with E-state index in [1.165, 1.54) is 6.07 Å². The minimum absolute atomic E-state index is 0.132. The minimum Gasteiger partial charge on any atom is -0.470 e. The molecular formula is C19H21FN4O4. The number of rotatable bonds is 3. The van der Waals surface area contributed by atoms with Crippen LogP contribution in [0.15, 0.2) is 51.9 Å². The van der Waals surface area contributed by atoms with Crippen molar-refractivity contribution in [1.82, 2.24) is 20.4 Å². The fourth-order valence-corrected chi connectivity index (χ4v) is 2.48. The lowest BCUT2D eigenvalue weighted by atomic mass is 10.2. The summed E-state index contributed by atoms with van der Waals surface area (Å²) in [5, 5.41) is 6.86. The molecular weight excluding hydrogens is 367 g/mol. The van der Waals surface area contributed by atoms with Crippen molar-refractivity contribution in [2.75, 3.05) is 26.3 Å². The number of aryl methyl sites for hydroxylation is 1. The number of hydrogen-bond donors (Lipinski definition) is 2. The van der Waals surface area contributed by atoms with Crippen LogP contribution in [-0.4, -0.2) is 47.5 Å². The van der Waals surface area contributed by atoms with Crippen LogP contribution in [0.5, 0.6) is 5.88 Å². The highest BCUT2D eigenvalue weighted by atomic mass is 19.1. The van der Waals surface area contributed by atoms with Crippen molar-refractivity contribution < 1.29 is 18.4 Å². The van der Waals surface area contributed by atoms with Crippen molar-refractivity contribution in [1.29, 1.82) is 0 Å². The summed E-state index contributed by atoms with van der Waals surface area (Å²) in [5.74, 6) is -0.0725. The normalized spacial score (nSPS) is 16.6. The Bertz CT molecular complexity index is 914. The molecule has 9 heteroatoms. The van der Waals surface area contributed by atoms with E-state index < -0.39 is 5.76 Å². The van der Waals surface area contributed by atoms with Crippen molar-refractivity contribution in [2.45, 2.75) is 13.0 Å². The molecule has 1 aliphatic rings. The van der Waals surface area contributed by atoms with Crippen molar-refractivity contribution >= 4 is 0 Å². The topological polar surface area (TPSA) is 102 Å². The number of nitrogens with zero attached hydrogens (tertiary/aromatic N) is 2. The van der Waals surface area contributed by atoms with E-state index in [9.17, 15) is 9.18 Å². The molecule has 0 bridgehead atoms. The molecule has 0 spiro atoms. The lowest BCUT2D eigenvalue weighted by Crippen LogP contribution is -2.32. The maximum Gasteiger partial charge on any atom is 0.439 e. The maximum absolute atomic E-state index is 12.3. The fraction of sp³-hybridized carbons (Fsp3) is 0.316. The first kappa shape index (κ1) is 19.7. The van der Waals surface area contributed by atoms with Gasteiger partial charge in [0.15, 0.2) is 5.82 Å². The number of halogens is 1. The first-order chi connectivity index (χ1) is 13.6. The van der Waals surface area contributed by atoms with Gasteiger partial charge in [0.05, 0.1) is 18.8 Å². The first-order valence-corrected chi connectivity index (χ1v) is 8.81. The van der Waals surface area contributed by atoms with E-state index in [0.29, 0.717) is 42.6 Å².